The summed E-state index contributed by atoms with van der Waals surface area (Å²) in [6.07, 6.45) is 3.20. The molecule has 170 valence electrons. The molecule has 0 radical (unpaired) electrons. The van der Waals surface area contributed by atoms with E-state index in [1.165, 1.54) is 16.7 Å². The predicted molar refractivity (Wildman–Crippen MR) is 133 cm³/mol. The molecule has 0 saturated heterocycles. The van der Waals surface area contributed by atoms with E-state index >= 15 is 0 Å². The lowest BCUT2D eigenvalue weighted by Crippen LogP contribution is -2.33. The molecule has 2 N–H and O–H groups in total. The third-order valence-corrected chi connectivity index (χ3v) is 6.21. The molecule has 0 aliphatic heterocycles. The van der Waals surface area contributed by atoms with Gasteiger partial charge in [0.1, 0.15) is 0 Å². The van der Waals surface area contributed by atoms with Crippen LogP contribution in [-0.4, -0.2) is 24.9 Å². The molecule has 0 spiro atoms. The number of aryl methyl sites for hydroxylation is 1. The van der Waals surface area contributed by atoms with Crippen molar-refractivity contribution in [3.8, 4) is 0 Å². The summed E-state index contributed by atoms with van der Waals surface area (Å²) in [6, 6.07) is 31.8. The van der Waals surface area contributed by atoms with E-state index in [1.54, 1.807) is 7.11 Å². The lowest BCUT2D eigenvalue weighted by Gasteiger charge is -2.31. The van der Waals surface area contributed by atoms with Gasteiger partial charge >= 0.3 is 0 Å². The van der Waals surface area contributed by atoms with Crippen LogP contribution in [0.3, 0.4) is 0 Å². The minimum atomic E-state index is -0.280. The second-order valence-electron chi connectivity index (χ2n) is 8.71. The first kappa shape index (κ1) is 24.2. The van der Waals surface area contributed by atoms with E-state index in [4.69, 9.17) is 4.74 Å². The third-order valence-electron chi connectivity index (χ3n) is 6.21. The molecule has 0 saturated carbocycles. The predicted octanol–water partition coefficient (Wildman–Crippen LogP) is 6.12. The number of aliphatic hydroxyl groups is 1. The second-order valence-corrected chi connectivity index (χ2v) is 8.71. The number of hydrogen-bond donors (Lipinski definition) is 2. The quantitative estimate of drug-likeness (QED) is 0.343. The van der Waals surface area contributed by atoms with Crippen molar-refractivity contribution in [2.45, 2.75) is 50.8 Å². The molecule has 0 fully saturated rings. The summed E-state index contributed by atoms with van der Waals surface area (Å²) in [4.78, 5) is 0. The van der Waals surface area contributed by atoms with E-state index in [2.05, 4.69) is 91.1 Å². The normalized spacial score (nSPS) is 15.1. The van der Waals surface area contributed by atoms with E-state index in [9.17, 15) is 5.11 Å². The van der Waals surface area contributed by atoms with Crippen molar-refractivity contribution < 1.29 is 9.84 Å². The van der Waals surface area contributed by atoms with Crippen LogP contribution in [0.25, 0.3) is 0 Å². The Morgan fingerprint density at radius 3 is 1.91 bits per heavy atom. The van der Waals surface area contributed by atoms with Crippen LogP contribution in [0.5, 0.6) is 0 Å². The van der Waals surface area contributed by atoms with Gasteiger partial charge in [0.25, 0.3) is 0 Å². The number of benzene rings is 3. The monoisotopic (exact) mass is 431 g/mol. The Morgan fingerprint density at radius 1 is 0.750 bits per heavy atom. The Labute approximate surface area is 193 Å². The fourth-order valence-corrected chi connectivity index (χ4v) is 4.30. The van der Waals surface area contributed by atoms with Crippen molar-refractivity contribution in [2.75, 3.05) is 13.7 Å². The van der Waals surface area contributed by atoms with Crippen LogP contribution in [-0.2, 0) is 11.2 Å². The van der Waals surface area contributed by atoms with Gasteiger partial charge < -0.3 is 15.2 Å². The topological polar surface area (TPSA) is 41.5 Å². The van der Waals surface area contributed by atoms with Crippen LogP contribution in [0.1, 0.15) is 55.0 Å². The average Bonchev–Trinajstić information content (AvgIpc) is 2.85. The zero-order valence-electron chi connectivity index (χ0n) is 19.4. The summed E-state index contributed by atoms with van der Waals surface area (Å²) >= 11 is 0. The van der Waals surface area contributed by atoms with Crippen LogP contribution < -0.4 is 5.32 Å². The molecule has 3 nitrogen and oxygen atoms in total. The van der Waals surface area contributed by atoms with Crippen molar-refractivity contribution in [3.05, 3.63) is 108 Å². The Morgan fingerprint density at radius 2 is 1.31 bits per heavy atom. The maximum Gasteiger partial charge on any atom is 0.0657 e. The molecule has 0 aliphatic carbocycles. The zero-order valence-corrected chi connectivity index (χ0v) is 19.4. The van der Waals surface area contributed by atoms with E-state index in [1.807, 2.05) is 12.1 Å². The van der Waals surface area contributed by atoms with E-state index < -0.39 is 0 Å². The molecule has 0 aromatic heterocycles. The molecule has 4 atom stereocenters. The summed E-state index contributed by atoms with van der Waals surface area (Å²) in [5, 5.41) is 14.5. The Hall–Kier alpha value is -2.46. The molecule has 3 rings (SSSR count). The number of nitrogens with one attached hydrogen (secondary N) is 1. The number of hydrogen-bond acceptors (Lipinski definition) is 3. The van der Waals surface area contributed by atoms with Gasteiger partial charge in [0.05, 0.1) is 18.8 Å². The van der Waals surface area contributed by atoms with Crippen molar-refractivity contribution in [3.63, 3.8) is 0 Å². The smallest absolute Gasteiger partial charge is 0.0657 e. The second kappa shape index (κ2) is 13.2. The molecule has 0 bridgehead atoms. The van der Waals surface area contributed by atoms with Gasteiger partial charge in [-0.1, -0.05) is 97.9 Å². The van der Waals surface area contributed by atoms with E-state index in [0.29, 0.717) is 12.5 Å². The van der Waals surface area contributed by atoms with Gasteiger partial charge in [0, 0.05) is 13.2 Å². The Kier molecular flexibility index (Phi) is 9.96. The number of methoxy groups -OCH3 is 1. The van der Waals surface area contributed by atoms with Crippen LogP contribution in [0.15, 0.2) is 91.0 Å². The molecule has 3 aromatic rings. The molecule has 0 unspecified atom stereocenters. The van der Waals surface area contributed by atoms with Crippen LogP contribution in [0.2, 0.25) is 0 Å². The summed E-state index contributed by atoms with van der Waals surface area (Å²) < 4.78 is 5.54. The summed E-state index contributed by atoms with van der Waals surface area (Å²) in [6.45, 7) is 2.89. The molecular weight excluding hydrogens is 394 g/mol. The summed E-state index contributed by atoms with van der Waals surface area (Å²) in [7, 11) is 1.75. The maximum absolute atomic E-state index is 10.6. The van der Waals surface area contributed by atoms with Gasteiger partial charge in [-0.3, -0.25) is 0 Å². The van der Waals surface area contributed by atoms with Gasteiger partial charge in [0.2, 0.25) is 0 Å². The highest BCUT2D eigenvalue weighted by atomic mass is 16.5. The van der Waals surface area contributed by atoms with Crippen molar-refractivity contribution in [2.24, 2.45) is 5.92 Å². The molecular formula is C29H37NO2. The molecule has 32 heavy (non-hydrogen) atoms. The minimum absolute atomic E-state index is 0.108. The maximum atomic E-state index is 10.6. The fraction of sp³-hybridized carbons (Fsp3) is 0.379. The Bertz CT molecular complexity index is 869. The summed E-state index contributed by atoms with van der Waals surface area (Å²) in [5.74, 6) is 0.367. The van der Waals surface area contributed by atoms with Gasteiger partial charge in [-0.05, 0) is 48.3 Å². The van der Waals surface area contributed by atoms with Crippen molar-refractivity contribution in [1.82, 2.24) is 5.32 Å². The minimum Gasteiger partial charge on any atom is -0.393 e. The zero-order chi connectivity index (χ0) is 22.6. The lowest BCUT2D eigenvalue weighted by molar-refractivity contribution is 0.134. The van der Waals surface area contributed by atoms with E-state index in [-0.39, 0.29) is 18.2 Å². The number of aliphatic hydroxyl groups excluding tert-OH is 1. The Balaban J connectivity index is 1.64. The van der Waals surface area contributed by atoms with Crippen LogP contribution in [0.4, 0.5) is 0 Å². The first-order valence-electron chi connectivity index (χ1n) is 11.7. The van der Waals surface area contributed by atoms with Crippen LogP contribution >= 0.6 is 0 Å². The highest BCUT2D eigenvalue weighted by Gasteiger charge is 2.24. The van der Waals surface area contributed by atoms with Gasteiger partial charge in [-0.25, -0.2) is 0 Å². The fourth-order valence-electron chi connectivity index (χ4n) is 4.30. The molecule has 0 amide bonds. The number of rotatable bonds is 13. The third kappa shape index (κ3) is 7.59. The highest BCUT2D eigenvalue weighted by Crippen LogP contribution is 2.30. The van der Waals surface area contributed by atoms with Gasteiger partial charge in [0.15, 0.2) is 0 Å². The highest BCUT2D eigenvalue weighted by molar-refractivity contribution is 5.23. The lowest BCUT2D eigenvalue weighted by atomic mass is 9.88. The number of ether oxygens (including phenoxy) is 1. The van der Waals surface area contributed by atoms with Gasteiger partial charge in [-0.15, -0.1) is 0 Å². The van der Waals surface area contributed by atoms with E-state index in [0.717, 1.165) is 25.7 Å². The molecule has 3 heteroatoms. The SMILES string of the molecule is COC[C@@H](N[C@@H](c1ccccc1)[C@H](C)CC[C@@H](O)CCc1ccccc1)c1ccccc1. The average molecular weight is 432 g/mol. The molecule has 0 heterocycles. The molecule has 3 aromatic carbocycles. The van der Waals surface area contributed by atoms with Crippen LogP contribution in [0, 0.1) is 5.92 Å². The first-order valence-corrected chi connectivity index (χ1v) is 11.7. The standard InChI is InChI=1S/C29H37NO2/c1-23(18-20-27(31)21-19-24-12-6-3-7-13-24)29(26-16-10-5-11-17-26)30-28(22-32-2)25-14-8-4-9-15-25/h3-17,23,27-31H,18-22H2,1-2H3/t23-,27-,28-,29-/m1/s1. The van der Waals surface area contributed by atoms with Crippen molar-refractivity contribution >= 4 is 0 Å². The first-order chi connectivity index (χ1) is 15.7. The van der Waals surface area contributed by atoms with Gasteiger partial charge in [-0.2, -0.15) is 0 Å². The largest absolute Gasteiger partial charge is 0.393 e. The summed E-state index contributed by atoms with van der Waals surface area (Å²) in [5.41, 5.74) is 3.79. The van der Waals surface area contributed by atoms with Crippen molar-refractivity contribution in [1.29, 1.82) is 0 Å². The molecule has 0 aliphatic rings.